The van der Waals surface area contributed by atoms with Gasteiger partial charge in [-0.25, -0.2) is 4.98 Å². The molecular weight excluding hydrogens is 380 g/mol. The van der Waals surface area contributed by atoms with E-state index in [0.717, 1.165) is 30.6 Å². The van der Waals surface area contributed by atoms with Crippen LogP contribution in [0.4, 0.5) is 0 Å². The molecule has 3 rings (SSSR count). The summed E-state index contributed by atoms with van der Waals surface area (Å²) in [6, 6.07) is 5.32. The minimum Gasteiger partial charge on any atom is -0.472 e. The average molecular weight is 413 g/mol. The third-order valence-corrected chi connectivity index (χ3v) is 5.61. The summed E-state index contributed by atoms with van der Waals surface area (Å²) >= 11 is 0. The van der Waals surface area contributed by atoms with E-state index in [-0.39, 0.29) is 30.6 Å². The molecule has 0 saturated carbocycles. The Balaban J connectivity index is 2.01. The van der Waals surface area contributed by atoms with E-state index in [1.807, 2.05) is 25.1 Å². The fourth-order valence-corrected chi connectivity index (χ4v) is 3.79. The minimum atomic E-state index is -0.290. The molecule has 0 bridgehead atoms. The van der Waals surface area contributed by atoms with Crippen molar-refractivity contribution in [3.63, 3.8) is 0 Å². The molecule has 7 nitrogen and oxygen atoms in total. The summed E-state index contributed by atoms with van der Waals surface area (Å²) in [7, 11) is 2.08. The molecule has 0 aliphatic carbocycles. The van der Waals surface area contributed by atoms with E-state index in [1.54, 1.807) is 23.5 Å². The second kappa shape index (κ2) is 10.00. The number of carbonyl (C=O) groups is 1. The predicted molar refractivity (Wildman–Crippen MR) is 116 cm³/mol. The number of rotatable bonds is 7. The summed E-state index contributed by atoms with van der Waals surface area (Å²) in [4.78, 5) is 26.1. The smallest absolute Gasteiger partial charge is 0.259 e. The van der Waals surface area contributed by atoms with Gasteiger partial charge >= 0.3 is 0 Å². The topological polar surface area (TPSA) is 78.8 Å². The monoisotopic (exact) mass is 412 g/mol. The quantitative estimate of drug-likeness (QED) is 0.753. The van der Waals surface area contributed by atoms with Gasteiger partial charge in [0.1, 0.15) is 11.7 Å². The van der Waals surface area contributed by atoms with Crippen LogP contribution in [0.3, 0.4) is 0 Å². The molecular formula is C23H32N4O3. The van der Waals surface area contributed by atoms with Crippen molar-refractivity contribution in [1.29, 1.82) is 0 Å². The number of hydrogen-bond acceptors (Lipinski definition) is 6. The third kappa shape index (κ3) is 4.96. The number of pyridine rings is 2. The van der Waals surface area contributed by atoms with Crippen LogP contribution in [-0.2, 0) is 0 Å². The molecule has 0 aromatic carbocycles. The molecule has 1 aliphatic rings. The van der Waals surface area contributed by atoms with Crippen LogP contribution in [0.25, 0.3) is 11.1 Å². The molecule has 0 spiro atoms. The fraction of sp³-hybridized carbons (Fsp3) is 0.522. The maximum Gasteiger partial charge on any atom is 0.259 e. The maximum atomic E-state index is 13.4. The normalized spacial score (nSPS) is 20.3. The zero-order valence-corrected chi connectivity index (χ0v) is 18.3. The first-order chi connectivity index (χ1) is 14.4. The van der Waals surface area contributed by atoms with Gasteiger partial charge in [0.25, 0.3) is 5.91 Å². The second-order valence-electron chi connectivity index (χ2n) is 8.20. The lowest BCUT2D eigenvalue weighted by atomic mass is 9.99. The summed E-state index contributed by atoms with van der Waals surface area (Å²) in [6.45, 7) is 8.25. The second-order valence-corrected chi connectivity index (χ2v) is 8.20. The number of likely N-dealkylation sites (N-methyl/N-ethyl adjacent to an activating group) is 1. The van der Waals surface area contributed by atoms with E-state index < -0.39 is 0 Å². The van der Waals surface area contributed by atoms with Crippen LogP contribution in [0, 0.1) is 5.92 Å². The van der Waals surface area contributed by atoms with Crippen molar-refractivity contribution in [1.82, 2.24) is 19.8 Å². The van der Waals surface area contributed by atoms with Crippen LogP contribution >= 0.6 is 0 Å². The Bertz CT molecular complexity index is 846. The van der Waals surface area contributed by atoms with E-state index in [9.17, 15) is 9.90 Å². The highest BCUT2D eigenvalue weighted by Gasteiger charge is 2.34. The highest BCUT2D eigenvalue weighted by atomic mass is 16.5. The number of ether oxygens (including phenoxy) is 1. The Kier molecular flexibility index (Phi) is 7.39. The van der Waals surface area contributed by atoms with Crippen LogP contribution in [-0.4, -0.2) is 76.2 Å². The highest BCUT2D eigenvalue weighted by molar-refractivity contribution is 5.98. The Morgan fingerprint density at radius 2 is 2.17 bits per heavy atom. The molecule has 0 fully saturated rings. The van der Waals surface area contributed by atoms with Crippen molar-refractivity contribution in [2.45, 2.75) is 39.3 Å². The van der Waals surface area contributed by atoms with Gasteiger partial charge in [-0.05, 0) is 39.1 Å². The SMILES string of the molecule is CCCN(C)C[C@@H]1Oc2ncc(-c3cccnc3)cc2C(=O)N([C@H](C)CO)C[C@H]1C. The highest BCUT2D eigenvalue weighted by Crippen LogP contribution is 2.30. The molecule has 1 N–H and O–H groups in total. The molecule has 1 amide bonds. The molecule has 30 heavy (non-hydrogen) atoms. The van der Waals surface area contributed by atoms with Gasteiger partial charge in [-0.1, -0.05) is 19.9 Å². The van der Waals surface area contributed by atoms with Crippen molar-refractivity contribution in [3.05, 3.63) is 42.4 Å². The predicted octanol–water partition coefficient (Wildman–Crippen LogP) is 2.71. The van der Waals surface area contributed by atoms with Crippen molar-refractivity contribution in [3.8, 4) is 17.0 Å². The zero-order chi connectivity index (χ0) is 21.7. The molecule has 1 aliphatic heterocycles. The van der Waals surface area contributed by atoms with Crippen molar-refractivity contribution in [2.75, 3.05) is 33.3 Å². The standard InChI is InChI=1S/C23H32N4O3/c1-5-9-26(4)14-21-16(2)13-27(17(3)15-28)23(29)20-10-19(12-25-22(20)30-21)18-7-6-8-24-11-18/h6-8,10-12,16-17,21,28H,5,9,13-15H2,1-4H3/t16-,17-,21+/m1/s1. The summed E-state index contributed by atoms with van der Waals surface area (Å²) < 4.78 is 6.31. The van der Waals surface area contributed by atoms with Gasteiger partial charge in [0.2, 0.25) is 5.88 Å². The van der Waals surface area contributed by atoms with Crippen LogP contribution in [0.1, 0.15) is 37.6 Å². The van der Waals surface area contributed by atoms with E-state index >= 15 is 0 Å². The minimum absolute atomic E-state index is 0.0925. The van der Waals surface area contributed by atoms with Gasteiger partial charge in [0.15, 0.2) is 0 Å². The van der Waals surface area contributed by atoms with Crippen molar-refractivity contribution >= 4 is 5.91 Å². The molecule has 162 valence electrons. The Hall–Kier alpha value is -2.51. The summed E-state index contributed by atoms with van der Waals surface area (Å²) in [5, 5.41) is 9.76. The van der Waals surface area contributed by atoms with Gasteiger partial charge in [-0.15, -0.1) is 0 Å². The van der Waals surface area contributed by atoms with Gasteiger partial charge in [-0.2, -0.15) is 0 Å². The Morgan fingerprint density at radius 1 is 1.37 bits per heavy atom. The lowest BCUT2D eigenvalue weighted by molar-refractivity contribution is 0.0331. The van der Waals surface area contributed by atoms with Gasteiger partial charge in [-0.3, -0.25) is 9.78 Å². The molecule has 2 aromatic rings. The largest absolute Gasteiger partial charge is 0.472 e. The average Bonchev–Trinajstić information content (AvgIpc) is 2.76. The van der Waals surface area contributed by atoms with Crippen molar-refractivity contribution in [2.24, 2.45) is 5.92 Å². The van der Waals surface area contributed by atoms with E-state index in [2.05, 4.69) is 35.8 Å². The Labute approximate surface area is 178 Å². The molecule has 7 heteroatoms. The fourth-order valence-electron chi connectivity index (χ4n) is 3.79. The molecule has 3 atom stereocenters. The number of nitrogens with zero attached hydrogens (tertiary/aromatic N) is 4. The van der Waals surface area contributed by atoms with Crippen LogP contribution in [0.2, 0.25) is 0 Å². The van der Waals surface area contributed by atoms with E-state index in [0.29, 0.717) is 18.0 Å². The van der Waals surface area contributed by atoms with Crippen LogP contribution in [0.5, 0.6) is 5.88 Å². The van der Waals surface area contributed by atoms with Gasteiger partial charge in [0, 0.05) is 48.7 Å². The van der Waals surface area contributed by atoms with Gasteiger partial charge in [0.05, 0.1) is 12.6 Å². The number of amides is 1. The maximum absolute atomic E-state index is 13.4. The van der Waals surface area contributed by atoms with Gasteiger partial charge < -0.3 is 19.6 Å². The first-order valence-electron chi connectivity index (χ1n) is 10.6. The van der Waals surface area contributed by atoms with E-state index in [4.69, 9.17) is 4.74 Å². The van der Waals surface area contributed by atoms with Crippen LogP contribution in [0.15, 0.2) is 36.8 Å². The van der Waals surface area contributed by atoms with E-state index in [1.165, 1.54) is 0 Å². The number of carbonyl (C=O) groups excluding carboxylic acids is 1. The lowest BCUT2D eigenvalue weighted by Crippen LogP contribution is -2.50. The third-order valence-electron chi connectivity index (χ3n) is 5.61. The lowest BCUT2D eigenvalue weighted by Gasteiger charge is -2.37. The molecule has 0 unspecified atom stereocenters. The number of aliphatic hydroxyl groups excluding tert-OH is 1. The number of fused-ring (bicyclic) bond motifs is 1. The summed E-state index contributed by atoms with van der Waals surface area (Å²) in [6.07, 6.45) is 6.13. The first-order valence-corrected chi connectivity index (χ1v) is 10.6. The molecule has 0 radical (unpaired) electrons. The molecule has 0 saturated heterocycles. The zero-order valence-electron chi connectivity index (χ0n) is 18.3. The molecule has 2 aromatic heterocycles. The first kappa shape index (κ1) is 22.2. The summed E-state index contributed by atoms with van der Waals surface area (Å²) in [5.74, 6) is 0.274. The van der Waals surface area contributed by atoms with Crippen LogP contribution < -0.4 is 4.74 Å². The van der Waals surface area contributed by atoms with Crippen molar-refractivity contribution < 1.29 is 14.6 Å². The number of aliphatic hydroxyl groups is 1. The number of hydrogen-bond donors (Lipinski definition) is 1. The molecule has 3 heterocycles. The summed E-state index contributed by atoms with van der Waals surface area (Å²) in [5.41, 5.74) is 2.12. The Morgan fingerprint density at radius 3 is 2.83 bits per heavy atom. The number of aromatic nitrogens is 2.